The Hall–Kier alpha value is -1.85. The molecule has 0 aliphatic carbocycles. The van der Waals surface area contributed by atoms with Crippen LogP contribution in [0.15, 0.2) is 47.1 Å². The molecule has 0 bridgehead atoms. The number of ether oxygens (including phenoxy) is 1. The zero-order chi connectivity index (χ0) is 12.6. The number of benzene rings is 1. The molecule has 1 unspecified atom stereocenters. The number of rotatable bonds is 7. The molecule has 0 saturated heterocycles. The van der Waals surface area contributed by atoms with Gasteiger partial charge in [0.2, 0.25) is 0 Å². The maximum absolute atomic E-state index is 9.71. The first-order chi connectivity index (χ1) is 8.84. The number of aliphatic hydroxyl groups is 1. The predicted octanol–water partition coefficient (Wildman–Crippen LogP) is 1.20. The van der Waals surface area contributed by atoms with Crippen LogP contribution in [0.25, 0.3) is 0 Å². The van der Waals surface area contributed by atoms with Crippen LogP contribution in [0.1, 0.15) is 5.76 Å². The second-order valence-corrected chi connectivity index (χ2v) is 3.89. The van der Waals surface area contributed by atoms with Crippen molar-refractivity contribution in [2.75, 3.05) is 13.2 Å². The van der Waals surface area contributed by atoms with E-state index in [2.05, 4.69) is 10.5 Å². The summed E-state index contributed by atoms with van der Waals surface area (Å²) in [6, 6.07) is 11.2. The standard InChI is InChI=1S/C13H16N2O3/c16-11(8-14-9-13-6-7-15-18-13)10-17-12-4-2-1-3-5-12/h1-7,11,14,16H,8-10H2. The molecule has 0 saturated carbocycles. The third kappa shape index (κ3) is 4.20. The van der Waals surface area contributed by atoms with Gasteiger partial charge in [-0.15, -0.1) is 0 Å². The number of aromatic nitrogens is 1. The van der Waals surface area contributed by atoms with Crippen molar-refractivity contribution in [3.05, 3.63) is 48.4 Å². The van der Waals surface area contributed by atoms with Gasteiger partial charge >= 0.3 is 0 Å². The van der Waals surface area contributed by atoms with Crippen molar-refractivity contribution >= 4 is 0 Å². The Morgan fingerprint density at radius 1 is 1.28 bits per heavy atom. The van der Waals surface area contributed by atoms with Crippen LogP contribution in [-0.2, 0) is 6.54 Å². The zero-order valence-corrected chi connectivity index (χ0v) is 9.95. The highest BCUT2D eigenvalue weighted by atomic mass is 16.5. The Morgan fingerprint density at radius 3 is 2.83 bits per heavy atom. The van der Waals surface area contributed by atoms with Crippen molar-refractivity contribution in [3.63, 3.8) is 0 Å². The largest absolute Gasteiger partial charge is 0.491 e. The van der Waals surface area contributed by atoms with Gasteiger partial charge in [-0.3, -0.25) is 0 Å². The van der Waals surface area contributed by atoms with E-state index in [1.165, 1.54) is 0 Å². The molecule has 5 heteroatoms. The van der Waals surface area contributed by atoms with Crippen molar-refractivity contribution in [1.29, 1.82) is 0 Å². The van der Waals surface area contributed by atoms with Crippen molar-refractivity contribution in [1.82, 2.24) is 10.5 Å². The lowest BCUT2D eigenvalue weighted by Gasteiger charge is -2.12. The fourth-order valence-electron chi connectivity index (χ4n) is 1.46. The fourth-order valence-corrected chi connectivity index (χ4v) is 1.46. The molecule has 18 heavy (non-hydrogen) atoms. The molecule has 2 rings (SSSR count). The number of nitrogens with zero attached hydrogens (tertiary/aromatic N) is 1. The zero-order valence-electron chi connectivity index (χ0n) is 9.95. The molecule has 1 aromatic carbocycles. The average Bonchev–Trinajstić information content (AvgIpc) is 2.91. The predicted molar refractivity (Wildman–Crippen MR) is 66.2 cm³/mol. The van der Waals surface area contributed by atoms with Gasteiger partial charge in [0, 0.05) is 12.6 Å². The van der Waals surface area contributed by atoms with Crippen LogP contribution in [0.3, 0.4) is 0 Å². The highest BCUT2D eigenvalue weighted by Gasteiger charge is 2.05. The lowest BCUT2D eigenvalue weighted by atomic mass is 10.3. The van der Waals surface area contributed by atoms with Gasteiger partial charge in [0.1, 0.15) is 24.2 Å². The minimum absolute atomic E-state index is 0.257. The minimum Gasteiger partial charge on any atom is -0.491 e. The van der Waals surface area contributed by atoms with Gasteiger partial charge in [-0.25, -0.2) is 0 Å². The fraction of sp³-hybridized carbons (Fsp3) is 0.308. The lowest BCUT2D eigenvalue weighted by Crippen LogP contribution is -2.31. The van der Waals surface area contributed by atoms with E-state index in [0.717, 1.165) is 11.5 Å². The maximum Gasteiger partial charge on any atom is 0.150 e. The third-order valence-electron chi connectivity index (χ3n) is 2.36. The quantitative estimate of drug-likeness (QED) is 0.770. The van der Waals surface area contributed by atoms with Gasteiger partial charge in [0.25, 0.3) is 0 Å². The smallest absolute Gasteiger partial charge is 0.150 e. The molecule has 2 aromatic rings. The summed E-state index contributed by atoms with van der Waals surface area (Å²) in [5.41, 5.74) is 0. The SMILES string of the molecule is OC(CNCc1ccno1)COc1ccccc1. The van der Waals surface area contributed by atoms with Crippen LogP contribution < -0.4 is 10.1 Å². The van der Waals surface area contributed by atoms with E-state index < -0.39 is 6.10 Å². The van der Waals surface area contributed by atoms with E-state index in [-0.39, 0.29) is 6.61 Å². The molecular formula is C13H16N2O3. The van der Waals surface area contributed by atoms with E-state index in [4.69, 9.17) is 9.26 Å². The molecule has 1 aromatic heterocycles. The van der Waals surface area contributed by atoms with Crippen molar-refractivity contribution < 1.29 is 14.4 Å². The van der Waals surface area contributed by atoms with Crippen LogP contribution in [0.4, 0.5) is 0 Å². The normalized spacial score (nSPS) is 12.3. The van der Waals surface area contributed by atoms with Gasteiger partial charge in [-0.05, 0) is 12.1 Å². The highest BCUT2D eigenvalue weighted by molar-refractivity contribution is 5.20. The van der Waals surface area contributed by atoms with Crippen LogP contribution in [-0.4, -0.2) is 29.5 Å². The summed E-state index contributed by atoms with van der Waals surface area (Å²) in [7, 11) is 0. The van der Waals surface area contributed by atoms with Crippen molar-refractivity contribution in [2.24, 2.45) is 0 Å². The van der Waals surface area contributed by atoms with Crippen LogP contribution >= 0.6 is 0 Å². The van der Waals surface area contributed by atoms with E-state index in [0.29, 0.717) is 13.1 Å². The molecule has 0 fully saturated rings. The number of para-hydroxylation sites is 1. The summed E-state index contributed by atoms with van der Waals surface area (Å²) in [5.74, 6) is 1.50. The molecular weight excluding hydrogens is 232 g/mol. The summed E-state index contributed by atoms with van der Waals surface area (Å²) in [5, 5.41) is 16.4. The summed E-state index contributed by atoms with van der Waals surface area (Å²) in [6.07, 6.45) is 1.03. The Balaban J connectivity index is 1.62. The first kappa shape index (κ1) is 12.6. The van der Waals surface area contributed by atoms with Crippen LogP contribution in [0, 0.1) is 0 Å². The number of nitrogens with one attached hydrogen (secondary N) is 1. The second-order valence-electron chi connectivity index (χ2n) is 3.89. The monoisotopic (exact) mass is 248 g/mol. The summed E-state index contributed by atoms with van der Waals surface area (Å²) < 4.78 is 10.3. The van der Waals surface area contributed by atoms with Crippen LogP contribution in [0.5, 0.6) is 5.75 Å². The second kappa shape index (κ2) is 6.78. The van der Waals surface area contributed by atoms with E-state index >= 15 is 0 Å². The maximum atomic E-state index is 9.71. The average molecular weight is 248 g/mol. The Labute approximate surface area is 105 Å². The van der Waals surface area contributed by atoms with Gasteiger partial charge in [-0.2, -0.15) is 0 Å². The Kier molecular flexibility index (Phi) is 4.75. The topological polar surface area (TPSA) is 67.5 Å². The van der Waals surface area contributed by atoms with E-state index in [1.807, 2.05) is 30.3 Å². The molecule has 0 spiro atoms. The van der Waals surface area contributed by atoms with E-state index in [1.54, 1.807) is 12.3 Å². The first-order valence-electron chi connectivity index (χ1n) is 5.81. The number of aliphatic hydroxyl groups excluding tert-OH is 1. The van der Waals surface area contributed by atoms with Gasteiger partial charge < -0.3 is 19.7 Å². The van der Waals surface area contributed by atoms with E-state index in [9.17, 15) is 5.11 Å². The van der Waals surface area contributed by atoms with Crippen molar-refractivity contribution in [3.8, 4) is 5.75 Å². The third-order valence-corrected chi connectivity index (χ3v) is 2.36. The molecule has 0 amide bonds. The van der Waals surface area contributed by atoms with Gasteiger partial charge in [0.15, 0.2) is 0 Å². The molecule has 2 N–H and O–H groups in total. The number of hydrogen-bond donors (Lipinski definition) is 2. The molecule has 1 heterocycles. The summed E-state index contributed by atoms with van der Waals surface area (Å²) in [6.45, 7) is 1.24. The molecule has 96 valence electrons. The Morgan fingerprint density at radius 2 is 2.11 bits per heavy atom. The molecule has 0 aliphatic heterocycles. The molecule has 1 atom stereocenters. The van der Waals surface area contributed by atoms with Gasteiger partial charge in [-0.1, -0.05) is 23.4 Å². The van der Waals surface area contributed by atoms with Crippen LogP contribution in [0.2, 0.25) is 0 Å². The molecule has 0 radical (unpaired) electrons. The number of hydrogen-bond acceptors (Lipinski definition) is 5. The molecule has 5 nitrogen and oxygen atoms in total. The summed E-state index contributed by atoms with van der Waals surface area (Å²) in [4.78, 5) is 0. The molecule has 0 aliphatic rings. The highest BCUT2D eigenvalue weighted by Crippen LogP contribution is 2.08. The minimum atomic E-state index is -0.562. The summed E-state index contributed by atoms with van der Waals surface area (Å²) >= 11 is 0. The first-order valence-corrected chi connectivity index (χ1v) is 5.81. The lowest BCUT2D eigenvalue weighted by molar-refractivity contribution is 0.105. The Bertz CT molecular complexity index is 431. The van der Waals surface area contributed by atoms with Crippen molar-refractivity contribution in [2.45, 2.75) is 12.6 Å². The van der Waals surface area contributed by atoms with Gasteiger partial charge in [0.05, 0.1) is 12.7 Å².